The zero-order valence-electron chi connectivity index (χ0n) is 11.4. The van der Waals surface area contributed by atoms with E-state index >= 15 is 0 Å². The summed E-state index contributed by atoms with van der Waals surface area (Å²) in [6.45, 7) is 4.90. The van der Waals surface area contributed by atoms with Crippen LogP contribution in [0.25, 0.3) is 0 Å². The zero-order chi connectivity index (χ0) is 13.8. The van der Waals surface area contributed by atoms with Gasteiger partial charge >= 0.3 is 0 Å². The number of hydrogen-bond acceptors (Lipinski definition) is 3. The van der Waals surface area contributed by atoms with Gasteiger partial charge in [0.2, 0.25) is 6.29 Å². The van der Waals surface area contributed by atoms with Crippen molar-refractivity contribution in [2.45, 2.75) is 45.8 Å². The molecule has 0 aromatic carbocycles. The fourth-order valence-corrected chi connectivity index (χ4v) is 2.82. The van der Waals surface area contributed by atoms with Crippen LogP contribution in [0.15, 0.2) is 32.6 Å². The molecule has 0 amide bonds. The molecule has 1 aliphatic heterocycles. The number of rotatable bonds is 6. The molecule has 1 heterocycles. The Morgan fingerprint density at radius 3 is 2.79 bits per heavy atom. The SMILES string of the molecule is CCCCOC1OC2=CC(I)=CC(=O)C2=C1CCC. The third-order valence-corrected chi connectivity index (χ3v) is 3.78. The van der Waals surface area contributed by atoms with E-state index in [9.17, 15) is 4.79 Å². The number of fused-ring (bicyclic) bond motifs is 1. The van der Waals surface area contributed by atoms with E-state index in [0.29, 0.717) is 12.4 Å². The van der Waals surface area contributed by atoms with Crippen molar-refractivity contribution in [2.75, 3.05) is 6.61 Å². The lowest BCUT2D eigenvalue weighted by Gasteiger charge is -2.15. The number of carbonyl (C=O) groups is 1. The van der Waals surface area contributed by atoms with Crippen molar-refractivity contribution in [3.8, 4) is 0 Å². The molecule has 4 heteroatoms. The third kappa shape index (κ3) is 3.28. The van der Waals surface area contributed by atoms with E-state index in [0.717, 1.165) is 40.4 Å². The Hall–Kier alpha value is -0.620. The molecule has 104 valence electrons. The second-order valence-electron chi connectivity index (χ2n) is 4.73. The Bertz CT molecular complexity index is 460. The number of carbonyl (C=O) groups excluding carboxylic acids is 1. The monoisotopic (exact) mass is 374 g/mol. The van der Waals surface area contributed by atoms with Gasteiger partial charge in [-0.25, -0.2) is 0 Å². The quantitative estimate of drug-likeness (QED) is 0.520. The van der Waals surface area contributed by atoms with Crippen molar-refractivity contribution in [3.63, 3.8) is 0 Å². The summed E-state index contributed by atoms with van der Waals surface area (Å²) in [6, 6.07) is 0. The van der Waals surface area contributed by atoms with Crippen LogP contribution in [0.2, 0.25) is 0 Å². The smallest absolute Gasteiger partial charge is 0.223 e. The Balaban J connectivity index is 2.21. The lowest BCUT2D eigenvalue weighted by atomic mass is 9.97. The molecule has 0 radical (unpaired) electrons. The summed E-state index contributed by atoms with van der Waals surface area (Å²) in [6.07, 6.45) is 7.14. The summed E-state index contributed by atoms with van der Waals surface area (Å²) in [4.78, 5) is 12.1. The van der Waals surface area contributed by atoms with Gasteiger partial charge in [-0.05, 0) is 47.6 Å². The van der Waals surface area contributed by atoms with Crippen LogP contribution < -0.4 is 0 Å². The van der Waals surface area contributed by atoms with Crippen LogP contribution in [0.4, 0.5) is 0 Å². The molecule has 0 saturated heterocycles. The van der Waals surface area contributed by atoms with Crippen molar-refractivity contribution in [1.82, 2.24) is 0 Å². The molecule has 3 nitrogen and oxygen atoms in total. The Kier molecular flexibility index (Phi) is 5.21. The van der Waals surface area contributed by atoms with Gasteiger partial charge in [0.25, 0.3) is 0 Å². The van der Waals surface area contributed by atoms with Gasteiger partial charge in [0.1, 0.15) is 5.76 Å². The maximum absolute atomic E-state index is 12.1. The van der Waals surface area contributed by atoms with E-state index in [1.807, 2.05) is 6.08 Å². The largest absolute Gasteiger partial charge is 0.460 e. The van der Waals surface area contributed by atoms with Gasteiger partial charge in [0, 0.05) is 9.15 Å². The highest BCUT2D eigenvalue weighted by Gasteiger charge is 2.35. The second kappa shape index (κ2) is 6.70. The van der Waals surface area contributed by atoms with Crippen LogP contribution in [0.3, 0.4) is 0 Å². The van der Waals surface area contributed by atoms with E-state index in [-0.39, 0.29) is 12.1 Å². The van der Waals surface area contributed by atoms with Gasteiger partial charge in [0.15, 0.2) is 5.78 Å². The minimum Gasteiger partial charge on any atom is -0.460 e. The molecule has 0 aromatic rings. The molecule has 0 aromatic heterocycles. The van der Waals surface area contributed by atoms with Gasteiger partial charge in [-0.3, -0.25) is 4.79 Å². The molecule has 0 saturated carbocycles. The standard InChI is InChI=1S/C15H19IO3/c1-3-5-7-18-15-11(6-4-2)14-12(17)8-10(16)9-13(14)19-15/h8-9,15H,3-7H2,1-2H3. The normalized spacial score (nSPS) is 22.1. The van der Waals surface area contributed by atoms with Crippen molar-refractivity contribution in [2.24, 2.45) is 0 Å². The lowest BCUT2D eigenvalue weighted by molar-refractivity contribution is -0.111. The number of unbranched alkanes of at least 4 members (excludes halogenated alkanes) is 1. The predicted octanol–water partition coefficient (Wildman–Crippen LogP) is 4.04. The minimum absolute atomic E-state index is 0.0481. The molecule has 19 heavy (non-hydrogen) atoms. The van der Waals surface area contributed by atoms with Crippen molar-refractivity contribution >= 4 is 28.4 Å². The van der Waals surface area contributed by atoms with Gasteiger partial charge in [0.05, 0.1) is 12.2 Å². The highest BCUT2D eigenvalue weighted by molar-refractivity contribution is 14.1. The first-order valence-electron chi connectivity index (χ1n) is 6.82. The highest BCUT2D eigenvalue weighted by Crippen LogP contribution is 2.38. The zero-order valence-corrected chi connectivity index (χ0v) is 13.5. The first kappa shape index (κ1) is 14.8. The van der Waals surface area contributed by atoms with Crippen LogP contribution in [0.1, 0.15) is 39.5 Å². The average molecular weight is 374 g/mol. The highest BCUT2D eigenvalue weighted by atomic mass is 127. The molecule has 1 aliphatic carbocycles. The fourth-order valence-electron chi connectivity index (χ4n) is 2.25. The summed E-state index contributed by atoms with van der Waals surface area (Å²) in [5.41, 5.74) is 1.73. The summed E-state index contributed by atoms with van der Waals surface area (Å²) in [7, 11) is 0. The van der Waals surface area contributed by atoms with Gasteiger partial charge in [-0.2, -0.15) is 0 Å². The van der Waals surface area contributed by atoms with E-state index in [1.165, 1.54) is 0 Å². The number of allylic oxidation sites excluding steroid dienone is 4. The predicted molar refractivity (Wildman–Crippen MR) is 82.9 cm³/mol. The van der Waals surface area contributed by atoms with Gasteiger partial charge < -0.3 is 9.47 Å². The number of ether oxygens (including phenoxy) is 2. The van der Waals surface area contributed by atoms with Crippen LogP contribution >= 0.6 is 22.6 Å². The molecule has 2 aliphatic rings. The topological polar surface area (TPSA) is 35.5 Å². The van der Waals surface area contributed by atoms with Crippen molar-refractivity contribution < 1.29 is 14.3 Å². The maximum atomic E-state index is 12.1. The van der Waals surface area contributed by atoms with E-state index in [1.54, 1.807) is 6.08 Å². The third-order valence-electron chi connectivity index (χ3n) is 3.16. The fraction of sp³-hybridized carbons (Fsp3) is 0.533. The van der Waals surface area contributed by atoms with Gasteiger partial charge in [-0.15, -0.1) is 0 Å². The number of halogens is 1. The molecule has 0 fully saturated rings. The van der Waals surface area contributed by atoms with E-state index in [4.69, 9.17) is 9.47 Å². The van der Waals surface area contributed by atoms with E-state index in [2.05, 4.69) is 36.4 Å². The molecule has 0 bridgehead atoms. The maximum Gasteiger partial charge on any atom is 0.223 e. The Morgan fingerprint density at radius 1 is 1.32 bits per heavy atom. The van der Waals surface area contributed by atoms with Crippen molar-refractivity contribution in [3.05, 3.63) is 32.6 Å². The Morgan fingerprint density at radius 2 is 2.11 bits per heavy atom. The van der Waals surface area contributed by atoms with E-state index < -0.39 is 0 Å². The van der Waals surface area contributed by atoms with Crippen LogP contribution in [0.5, 0.6) is 0 Å². The molecular weight excluding hydrogens is 355 g/mol. The molecule has 1 atom stereocenters. The van der Waals surface area contributed by atoms with Crippen molar-refractivity contribution in [1.29, 1.82) is 0 Å². The summed E-state index contributed by atoms with van der Waals surface area (Å²) in [5, 5.41) is 0. The van der Waals surface area contributed by atoms with Crippen LogP contribution in [0, 0.1) is 0 Å². The summed E-state index contributed by atoms with van der Waals surface area (Å²) in [5.74, 6) is 0.730. The molecule has 0 spiro atoms. The molecule has 0 N–H and O–H groups in total. The average Bonchev–Trinajstić information content (AvgIpc) is 2.68. The Labute approximate surface area is 127 Å². The molecular formula is C15H19IO3. The lowest BCUT2D eigenvalue weighted by Crippen LogP contribution is -2.15. The van der Waals surface area contributed by atoms with Gasteiger partial charge in [-0.1, -0.05) is 26.7 Å². The minimum atomic E-state index is -0.368. The summed E-state index contributed by atoms with van der Waals surface area (Å²) >= 11 is 2.14. The first-order valence-corrected chi connectivity index (χ1v) is 7.90. The first-order chi connectivity index (χ1) is 9.17. The summed E-state index contributed by atoms with van der Waals surface area (Å²) < 4.78 is 12.5. The van der Waals surface area contributed by atoms with Crippen LogP contribution in [-0.4, -0.2) is 18.7 Å². The molecule has 1 unspecified atom stereocenters. The number of hydrogen-bond donors (Lipinski definition) is 0. The van der Waals surface area contributed by atoms with Crippen LogP contribution in [-0.2, 0) is 14.3 Å². The number of ketones is 1. The second-order valence-corrected chi connectivity index (χ2v) is 5.97. The molecule has 2 rings (SSSR count).